The van der Waals surface area contributed by atoms with Crippen molar-refractivity contribution in [1.29, 1.82) is 0 Å². The second kappa shape index (κ2) is 19.3. The van der Waals surface area contributed by atoms with Gasteiger partial charge in [0.2, 0.25) is 11.4 Å². The Labute approximate surface area is 309 Å². The highest BCUT2D eigenvalue weighted by molar-refractivity contribution is 7.09. The molecule has 0 saturated carbocycles. The van der Waals surface area contributed by atoms with Crippen molar-refractivity contribution in [2.75, 3.05) is 7.05 Å². The fourth-order valence-corrected chi connectivity index (χ4v) is 7.13. The summed E-state index contributed by atoms with van der Waals surface area (Å²) in [6, 6.07) is 16.9. The Bertz CT molecular complexity index is 1680. The molecule has 4 aromatic rings. The van der Waals surface area contributed by atoms with Gasteiger partial charge in [-0.25, -0.2) is 14.6 Å². The van der Waals surface area contributed by atoms with Crippen LogP contribution in [0, 0.1) is 5.92 Å². The first-order valence-corrected chi connectivity index (χ1v) is 19.0. The summed E-state index contributed by atoms with van der Waals surface area (Å²) in [5, 5.41) is 23.6. The van der Waals surface area contributed by atoms with Crippen molar-refractivity contribution < 1.29 is 28.8 Å². The van der Waals surface area contributed by atoms with Gasteiger partial charge in [-0.3, -0.25) is 4.79 Å². The predicted molar refractivity (Wildman–Crippen MR) is 200 cm³/mol. The Morgan fingerprint density at radius 2 is 1.57 bits per heavy atom. The summed E-state index contributed by atoms with van der Waals surface area (Å²) in [4.78, 5) is 47.2. The number of hydrogen-bond donors (Lipinski definition) is 4. The molecular formula is C38H51N6O5S2+. The number of alkyl carbamates (subject to hydrolysis) is 1. The van der Waals surface area contributed by atoms with Crippen LogP contribution in [0.15, 0.2) is 77.8 Å². The summed E-state index contributed by atoms with van der Waals surface area (Å²) in [5.74, 6) is -0.270. The van der Waals surface area contributed by atoms with Crippen molar-refractivity contribution in [3.05, 3.63) is 104 Å². The van der Waals surface area contributed by atoms with Crippen LogP contribution in [0.4, 0.5) is 9.59 Å². The van der Waals surface area contributed by atoms with Gasteiger partial charge in [-0.1, -0.05) is 99.7 Å². The molecule has 4 atom stereocenters. The number of urea groups is 1. The maximum absolute atomic E-state index is 13.9. The van der Waals surface area contributed by atoms with Gasteiger partial charge < -0.3 is 30.7 Å². The average Bonchev–Trinajstić information content (AvgIpc) is 3.75. The molecule has 2 aromatic heterocycles. The highest BCUT2D eigenvalue weighted by atomic mass is 32.1. The van der Waals surface area contributed by atoms with E-state index < -0.39 is 30.3 Å². The van der Waals surface area contributed by atoms with Crippen LogP contribution < -0.4 is 20.5 Å². The van der Waals surface area contributed by atoms with Gasteiger partial charge in [-0.15, -0.1) is 11.3 Å². The Morgan fingerprint density at radius 1 is 0.922 bits per heavy atom. The SMILES string of the molecule is CC(C)c1nc(CN(C)C(=O)N[C@@H](C(=O)N[C@@H](Cc2ccccc2)C[C@H](O)[C@H](Cc2ccccc2)NC(=O)OCc2c[n+](C)cs2)C(C)C)cs1. The first-order chi connectivity index (χ1) is 24.4. The minimum absolute atomic E-state index is 0.110. The van der Waals surface area contributed by atoms with E-state index in [4.69, 9.17) is 4.74 Å². The van der Waals surface area contributed by atoms with E-state index in [0.717, 1.165) is 26.7 Å². The molecule has 0 saturated heterocycles. The van der Waals surface area contributed by atoms with E-state index in [-0.39, 0.29) is 30.9 Å². The first-order valence-electron chi connectivity index (χ1n) is 17.3. The summed E-state index contributed by atoms with van der Waals surface area (Å²) >= 11 is 3.05. The van der Waals surface area contributed by atoms with Crippen LogP contribution in [-0.2, 0) is 42.6 Å². The minimum atomic E-state index is -1.04. The zero-order valence-electron chi connectivity index (χ0n) is 30.2. The molecule has 0 aliphatic heterocycles. The van der Waals surface area contributed by atoms with Crippen molar-refractivity contribution in [2.45, 2.75) is 90.3 Å². The van der Waals surface area contributed by atoms with Gasteiger partial charge >= 0.3 is 12.1 Å². The Balaban J connectivity index is 1.47. The number of aromatic nitrogens is 2. The summed E-state index contributed by atoms with van der Waals surface area (Å²) in [6.45, 7) is 8.34. The third-order valence-electron chi connectivity index (χ3n) is 8.36. The van der Waals surface area contributed by atoms with Crippen molar-refractivity contribution in [3.8, 4) is 0 Å². The number of aliphatic hydroxyl groups excluding tert-OH is 1. The Hall–Kier alpha value is -4.33. The third-order valence-corrected chi connectivity index (χ3v) is 10.5. The molecule has 0 bridgehead atoms. The van der Waals surface area contributed by atoms with Gasteiger partial charge in [0.1, 0.15) is 24.6 Å². The van der Waals surface area contributed by atoms with E-state index in [1.165, 1.54) is 16.2 Å². The van der Waals surface area contributed by atoms with Crippen LogP contribution in [0.1, 0.15) is 66.7 Å². The van der Waals surface area contributed by atoms with Crippen LogP contribution in [0.3, 0.4) is 0 Å². The molecule has 4 N–H and O–H groups in total. The van der Waals surface area contributed by atoms with Crippen molar-refractivity contribution in [1.82, 2.24) is 25.8 Å². The molecule has 11 nitrogen and oxygen atoms in total. The Morgan fingerprint density at radius 3 is 2.14 bits per heavy atom. The normalized spacial score (nSPS) is 13.7. The van der Waals surface area contributed by atoms with Crippen LogP contribution >= 0.6 is 22.7 Å². The molecule has 4 amide bonds. The monoisotopic (exact) mass is 735 g/mol. The van der Waals surface area contributed by atoms with Crippen LogP contribution in [0.2, 0.25) is 0 Å². The van der Waals surface area contributed by atoms with E-state index >= 15 is 0 Å². The molecule has 0 radical (unpaired) electrons. The molecule has 0 spiro atoms. The highest BCUT2D eigenvalue weighted by Gasteiger charge is 2.31. The topological polar surface area (TPSA) is 137 Å². The molecule has 0 aliphatic carbocycles. The van der Waals surface area contributed by atoms with Gasteiger partial charge in [0, 0.05) is 24.4 Å². The van der Waals surface area contributed by atoms with E-state index in [2.05, 4.69) is 34.8 Å². The predicted octanol–water partition coefficient (Wildman–Crippen LogP) is 5.33. The Kier molecular flexibility index (Phi) is 15.0. The fraction of sp³-hybridized carbons (Fsp3) is 0.447. The number of carbonyl (C=O) groups is 3. The quantitative estimate of drug-likeness (QED) is 0.108. The average molecular weight is 736 g/mol. The summed E-state index contributed by atoms with van der Waals surface area (Å²) in [7, 11) is 3.58. The third kappa shape index (κ3) is 12.7. The summed E-state index contributed by atoms with van der Waals surface area (Å²) in [6.07, 6.45) is 1.13. The second-order valence-corrected chi connectivity index (χ2v) is 15.4. The highest BCUT2D eigenvalue weighted by Crippen LogP contribution is 2.20. The molecule has 0 aliphatic rings. The van der Waals surface area contributed by atoms with Gasteiger partial charge in [0.25, 0.3) is 0 Å². The standard InChI is InChI=1S/C38H50N6O5S2/c1-25(2)34(42-37(47)44(6)20-30-23-50-36(40-30)26(3)4)35(46)39-29(17-27-13-9-7-10-14-27)19-33(45)32(18-28-15-11-8-12-16-28)41-38(48)49-22-31-21-43(5)24-51-31/h7-16,21,23-26,29,32-34,45H,17-20,22H2,1-6H3,(H2-,39,41,42,46,47,48)/p+1/t29-,32-,33-,34+/m0/s1. The van der Waals surface area contributed by atoms with Crippen molar-refractivity contribution in [2.24, 2.45) is 13.0 Å². The maximum atomic E-state index is 13.9. The maximum Gasteiger partial charge on any atom is 0.407 e. The molecule has 51 heavy (non-hydrogen) atoms. The van der Waals surface area contributed by atoms with Crippen molar-refractivity contribution >= 4 is 40.7 Å². The second-order valence-electron chi connectivity index (χ2n) is 13.6. The largest absolute Gasteiger partial charge is 0.444 e. The molecule has 13 heteroatoms. The summed E-state index contributed by atoms with van der Waals surface area (Å²) < 4.78 is 7.40. The lowest BCUT2D eigenvalue weighted by molar-refractivity contribution is -0.666. The van der Waals surface area contributed by atoms with E-state index in [1.54, 1.807) is 18.4 Å². The number of aryl methyl sites for hydroxylation is 1. The van der Waals surface area contributed by atoms with Gasteiger partial charge in [0.05, 0.1) is 29.4 Å². The molecule has 0 unspecified atom stereocenters. The lowest BCUT2D eigenvalue weighted by atomic mass is 9.93. The van der Waals surface area contributed by atoms with Gasteiger partial charge in [-0.2, -0.15) is 4.57 Å². The number of hydrogen-bond acceptors (Lipinski definition) is 8. The zero-order valence-corrected chi connectivity index (χ0v) is 31.9. The summed E-state index contributed by atoms with van der Waals surface area (Å²) in [5.41, 5.74) is 4.62. The number of nitrogens with one attached hydrogen (secondary N) is 3. The number of nitrogens with zero attached hydrogens (tertiary/aromatic N) is 3. The number of benzene rings is 2. The lowest BCUT2D eigenvalue weighted by Crippen LogP contribution is -2.55. The first kappa shape index (κ1) is 39.5. The number of ether oxygens (including phenoxy) is 1. The number of thiazole rings is 2. The number of rotatable bonds is 17. The molecular weight excluding hydrogens is 685 g/mol. The van der Waals surface area contributed by atoms with E-state index in [1.807, 2.05) is 103 Å². The van der Waals surface area contributed by atoms with Crippen molar-refractivity contribution in [3.63, 3.8) is 0 Å². The number of amides is 4. The van der Waals surface area contributed by atoms with Crippen LogP contribution in [0.25, 0.3) is 0 Å². The zero-order chi connectivity index (χ0) is 36.9. The van der Waals surface area contributed by atoms with Gasteiger partial charge in [0.15, 0.2) is 6.20 Å². The number of aliphatic hydroxyl groups is 1. The minimum Gasteiger partial charge on any atom is -0.444 e. The molecule has 2 aromatic carbocycles. The van der Waals surface area contributed by atoms with E-state index in [0.29, 0.717) is 25.3 Å². The number of carbonyl (C=O) groups excluding carboxylic acids is 3. The molecule has 274 valence electrons. The molecule has 2 heterocycles. The fourth-order valence-electron chi connectivity index (χ4n) is 5.58. The van der Waals surface area contributed by atoms with Crippen LogP contribution in [-0.4, -0.2) is 64.3 Å². The van der Waals surface area contributed by atoms with Gasteiger partial charge in [-0.05, 0) is 36.3 Å². The lowest BCUT2D eigenvalue weighted by Gasteiger charge is -2.30. The van der Waals surface area contributed by atoms with Crippen LogP contribution in [0.5, 0.6) is 0 Å². The molecule has 4 rings (SSSR count). The van der Waals surface area contributed by atoms with E-state index in [9.17, 15) is 19.5 Å². The molecule has 0 fully saturated rings. The smallest absolute Gasteiger partial charge is 0.407 e.